The lowest BCUT2D eigenvalue weighted by atomic mass is 10.0. The van der Waals surface area contributed by atoms with Gasteiger partial charge in [0.05, 0.1) is 0 Å². The van der Waals surface area contributed by atoms with Gasteiger partial charge in [-0.1, -0.05) is 183 Å². The highest BCUT2D eigenvalue weighted by molar-refractivity contribution is 9.09. The second-order valence-corrected chi connectivity index (χ2v) is 15.8. The number of unbranched alkanes of at least 4 members (excludes halogenated alkanes) is 27. The van der Waals surface area contributed by atoms with Crippen LogP contribution in [0.3, 0.4) is 0 Å². The van der Waals surface area contributed by atoms with Crippen molar-refractivity contribution in [3.63, 3.8) is 0 Å². The molecule has 0 aromatic carbocycles. The molecular formula is C36H75BrO3Si. The Morgan fingerprint density at radius 1 is 0.317 bits per heavy atom. The zero-order chi connectivity index (χ0) is 30.0. The van der Waals surface area contributed by atoms with Gasteiger partial charge in [-0.25, -0.2) is 0 Å². The molecule has 0 radical (unpaired) electrons. The molecule has 5 heteroatoms. The topological polar surface area (TPSA) is 27.7 Å². The molecule has 0 N–H and O–H groups in total. The van der Waals surface area contributed by atoms with Gasteiger partial charge in [-0.15, -0.1) is 0 Å². The van der Waals surface area contributed by atoms with Crippen LogP contribution in [0.4, 0.5) is 0 Å². The Labute approximate surface area is 268 Å². The normalized spacial score (nSPS) is 12.0. The molecule has 0 heterocycles. The lowest BCUT2D eigenvalue weighted by Crippen LogP contribution is -2.45. The summed E-state index contributed by atoms with van der Waals surface area (Å²) >= 11 is 3.52. The van der Waals surface area contributed by atoms with E-state index < -0.39 is 8.80 Å². The molecule has 0 atom stereocenters. The van der Waals surface area contributed by atoms with E-state index in [2.05, 4.69) is 15.9 Å². The summed E-state index contributed by atoms with van der Waals surface area (Å²) in [4.78, 5) is 0. The van der Waals surface area contributed by atoms with Gasteiger partial charge in [-0.3, -0.25) is 0 Å². The molecule has 0 fully saturated rings. The Morgan fingerprint density at radius 2 is 0.512 bits per heavy atom. The van der Waals surface area contributed by atoms with E-state index in [0.29, 0.717) is 19.8 Å². The minimum absolute atomic E-state index is 0.686. The molecule has 0 amide bonds. The van der Waals surface area contributed by atoms with E-state index in [1.807, 2.05) is 20.8 Å². The smallest absolute Gasteiger partial charge is 0.374 e. The summed E-state index contributed by atoms with van der Waals surface area (Å²) in [6, 6.07) is 0.973. The lowest BCUT2D eigenvalue weighted by molar-refractivity contribution is 0.0706. The van der Waals surface area contributed by atoms with Gasteiger partial charge >= 0.3 is 8.80 Å². The molecular weight excluding hydrogens is 588 g/mol. The number of hydrogen-bond acceptors (Lipinski definition) is 3. The molecule has 0 aliphatic carbocycles. The Bertz CT molecular complexity index is 463. The molecule has 248 valence electrons. The van der Waals surface area contributed by atoms with Crippen molar-refractivity contribution in [2.45, 2.75) is 207 Å². The standard InChI is InChI=1S/C36H75BrO3Si/c1-4-38-41(39-5-2,40-6-3)36-34-32-30-28-26-24-22-20-18-16-14-12-10-8-7-9-11-13-15-17-19-21-23-25-27-29-31-33-35-37/h4-36H2,1-3H3. The van der Waals surface area contributed by atoms with E-state index in [1.165, 1.54) is 185 Å². The third kappa shape index (κ3) is 30.4. The van der Waals surface area contributed by atoms with Gasteiger partial charge < -0.3 is 13.3 Å². The minimum atomic E-state index is -2.42. The zero-order valence-electron chi connectivity index (χ0n) is 28.4. The minimum Gasteiger partial charge on any atom is -0.374 e. The van der Waals surface area contributed by atoms with E-state index in [1.54, 1.807) is 0 Å². The van der Waals surface area contributed by atoms with Crippen LogP contribution in [0.1, 0.15) is 201 Å². The van der Waals surface area contributed by atoms with Crippen molar-refractivity contribution in [3.8, 4) is 0 Å². The van der Waals surface area contributed by atoms with Crippen molar-refractivity contribution in [2.24, 2.45) is 0 Å². The summed E-state index contributed by atoms with van der Waals surface area (Å²) in [6.07, 6.45) is 40.1. The molecule has 0 unspecified atom stereocenters. The van der Waals surface area contributed by atoms with Crippen molar-refractivity contribution in [2.75, 3.05) is 25.2 Å². The SMILES string of the molecule is CCO[Si](CCCCCCCCCCCCCCCCCCCCCCCCCCCCCCBr)(OCC)OCC. The highest BCUT2D eigenvalue weighted by Gasteiger charge is 2.39. The van der Waals surface area contributed by atoms with Gasteiger partial charge in [0.15, 0.2) is 0 Å². The van der Waals surface area contributed by atoms with E-state index in [0.717, 1.165) is 6.04 Å². The third-order valence-corrected chi connectivity index (χ3v) is 12.2. The summed E-state index contributed by atoms with van der Waals surface area (Å²) in [6.45, 7) is 8.19. The molecule has 0 saturated carbocycles. The Kier molecular flexibility index (Phi) is 35.6. The molecule has 0 bridgehead atoms. The highest BCUT2D eigenvalue weighted by atomic mass is 79.9. The van der Waals surface area contributed by atoms with E-state index in [9.17, 15) is 0 Å². The monoisotopic (exact) mass is 662 g/mol. The Hall–Kier alpha value is 0.577. The number of hydrogen-bond donors (Lipinski definition) is 0. The number of alkyl halides is 1. The van der Waals surface area contributed by atoms with Crippen molar-refractivity contribution in [1.29, 1.82) is 0 Å². The Morgan fingerprint density at radius 3 is 0.707 bits per heavy atom. The van der Waals surface area contributed by atoms with Crippen LogP contribution in [-0.4, -0.2) is 34.0 Å². The summed E-state index contributed by atoms with van der Waals surface area (Å²) in [7, 11) is -2.42. The van der Waals surface area contributed by atoms with Crippen LogP contribution in [0, 0.1) is 0 Å². The van der Waals surface area contributed by atoms with Crippen molar-refractivity contribution >= 4 is 24.7 Å². The first kappa shape index (κ1) is 41.6. The quantitative estimate of drug-likeness (QED) is 0.0379. The fraction of sp³-hybridized carbons (Fsp3) is 1.00. The maximum Gasteiger partial charge on any atom is 0.500 e. The van der Waals surface area contributed by atoms with Crippen molar-refractivity contribution in [1.82, 2.24) is 0 Å². The second kappa shape index (κ2) is 35.1. The molecule has 0 rings (SSSR count). The van der Waals surface area contributed by atoms with Gasteiger partial charge in [-0.2, -0.15) is 0 Å². The molecule has 0 aromatic heterocycles. The van der Waals surface area contributed by atoms with E-state index in [4.69, 9.17) is 13.3 Å². The summed E-state index contributed by atoms with van der Waals surface area (Å²) < 4.78 is 17.9. The maximum absolute atomic E-state index is 5.97. The molecule has 3 nitrogen and oxygen atoms in total. The fourth-order valence-electron chi connectivity index (χ4n) is 6.03. The summed E-state index contributed by atoms with van der Waals surface area (Å²) in [5.74, 6) is 0. The first-order chi connectivity index (χ1) is 20.2. The van der Waals surface area contributed by atoms with Crippen LogP contribution in [-0.2, 0) is 13.3 Å². The van der Waals surface area contributed by atoms with Gasteiger partial charge in [-0.05, 0) is 33.6 Å². The largest absolute Gasteiger partial charge is 0.500 e. The molecule has 41 heavy (non-hydrogen) atoms. The van der Waals surface area contributed by atoms with Crippen LogP contribution in [0.15, 0.2) is 0 Å². The third-order valence-electron chi connectivity index (χ3n) is 8.46. The summed E-state index contributed by atoms with van der Waals surface area (Å²) in [5.41, 5.74) is 0. The van der Waals surface area contributed by atoms with Crippen molar-refractivity contribution < 1.29 is 13.3 Å². The van der Waals surface area contributed by atoms with Crippen LogP contribution >= 0.6 is 15.9 Å². The first-order valence-electron chi connectivity index (χ1n) is 18.7. The molecule has 0 saturated heterocycles. The summed E-state index contributed by atoms with van der Waals surface area (Å²) in [5, 5.41) is 1.18. The average Bonchev–Trinajstić information content (AvgIpc) is 2.97. The first-order valence-corrected chi connectivity index (χ1v) is 21.8. The number of rotatable bonds is 36. The fourth-order valence-corrected chi connectivity index (χ4v) is 9.12. The highest BCUT2D eigenvalue weighted by Crippen LogP contribution is 2.21. The van der Waals surface area contributed by atoms with E-state index >= 15 is 0 Å². The second-order valence-electron chi connectivity index (χ2n) is 12.3. The molecule has 0 aliphatic rings. The van der Waals surface area contributed by atoms with Gasteiger partial charge in [0, 0.05) is 31.2 Å². The van der Waals surface area contributed by atoms with Crippen molar-refractivity contribution in [3.05, 3.63) is 0 Å². The van der Waals surface area contributed by atoms with Crippen LogP contribution in [0.5, 0.6) is 0 Å². The van der Waals surface area contributed by atoms with Gasteiger partial charge in [0.1, 0.15) is 0 Å². The number of halogens is 1. The van der Waals surface area contributed by atoms with E-state index in [-0.39, 0.29) is 0 Å². The zero-order valence-corrected chi connectivity index (χ0v) is 31.0. The predicted molar refractivity (Wildman–Crippen MR) is 189 cm³/mol. The van der Waals surface area contributed by atoms with Gasteiger partial charge in [0.25, 0.3) is 0 Å². The lowest BCUT2D eigenvalue weighted by Gasteiger charge is -2.28. The molecule has 0 aliphatic heterocycles. The van der Waals surface area contributed by atoms with Crippen LogP contribution < -0.4 is 0 Å². The van der Waals surface area contributed by atoms with Crippen LogP contribution in [0.2, 0.25) is 6.04 Å². The van der Waals surface area contributed by atoms with Gasteiger partial charge in [0.2, 0.25) is 0 Å². The predicted octanol–water partition coefficient (Wildman–Crippen LogP) is 13.4. The molecule has 0 aromatic rings. The average molecular weight is 664 g/mol. The molecule has 0 spiro atoms. The maximum atomic E-state index is 5.97. The Balaban J connectivity index is 3.25. The van der Waals surface area contributed by atoms with Crippen LogP contribution in [0.25, 0.3) is 0 Å².